The average Bonchev–Trinajstić information content (AvgIpc) is 3.27. The molecule has 0 amide bonds. The van der Waals surface area contributed by atoms with Gasteiger partial charge in [-0.15, -0.1) is 5.10 Å². The molecule has 26 heavy (non-hydrogen) atoms. The zero-order chi connectivity index (χ0) is 18.6. The number of ether oxygens (including phenoxy) is 3. The van der Waals surface area contributed by atoms with E-state index in [0.29, 0.717) is 45.2 Å². The first-order valence-corrected chi connectivity index (χ1v) is 8.04. The first kappa shape index (κ1) is 19.9. The van der Waals surface area contributed by atoms with E-state index in [1.807, 2.05) is 0 Å². The molecule has 12 heteroatoms. The molecule has 2 aromatic rings. The number of alkyl halides is 1. The number of nitrogens with zero attached hydrogens (tertiary/aromatic N) is 6. The normalized spacial score (nSPS) is 11.1. The van der Waals surface area contributed by atoms with E-state index in [1.165, 1.54) is 17.0 Å². The third kappa shape index (κ3) is 6.82. The Morgan fingerprint density at radius 2 is 1.88 bits per heavy atom. The SMILES string of the molecule is O=[N+]([O-])c1nccn1CCOCCOCCn1cc(COCC[18F])nn1. The van der Waals surface area contributed by atoms with Crippen molar-refractivity contribution in [3.8, 4) is 0 Å². The van der Waals surface area contributed by atoms with Crippen LogP contribution in [0.2, 0.25) is 0 Å². The molecule has 0 aliphatic carbocycles. The lowest BCUT2D eigenvalue weighted by atomic mass is 10.5. The van der Waals surface area contributed by atoms with Crippen molar-refractivity contribution in [2.45, 2.75) is 19.7 Å². The molecule has 0 aliphatic rings. The van der Waals surface area contributed by atoms with Gasteiger partial charge in [-0.2, -0.15) is 0 Å². The van der Waals surface area contributed by atoms with Crippen LogP contribution in [0.15, 0.2) is 18.6 Å². The second kappa shape index (κ2) is 11.2. The number of halogens is 1. The van der Waals surface area contributed by atoms with E-state index >= 15 is 0 Å². The predicted molar refractivity (Wildman–Crippen MR) is 86.2 cm³/mol. The summed E-state index contributed by atoms with van der Waals surface area (Å²) in [4.78, 5) is 13.8. The van der Waals surface area contributed by atoms with Gasteiger partial charge in [-0.3, -0.25) is 0 Å². The van der Waals surface area contributed by atoms with Gasteiger partial charge < -0.3 is 24.3 Å². The largest absolute Gasteiger partial charge is 0.434 e. The average molecular weight is 371 g/mol. The zero-order valence-corrected chi connectivity index (χ0v) is 14.2. The Morgan fingerprint density at radius 1 is 1.12 bits per heavy atom. The van der Waals surface area contributed by atoms with Gasteiger partial charge >= 0.3 is 5.95 Å². The molecule has 0 bridgehead atoms. The van der Waals surface area contributed by atoms with E-state index in [4.69, 9.17) is 14.2 Å². The molecule has 0 aromatic carbocycles. The molecule has 2 heterocycles. The molecule has 0 radical (unpaired) electrons. The number of rotatable bonds is 14. The molecule has 144 valence electrons. The summed E-state index contributed by atoms with van der Waals surface area (Å²) in [5.74, 6) is -0.202. The Balaban J connectivity index is 1.49. The first-order chi connectivity index (χ1) is 12.7. The molecule has 0 aliphatic heterocycles. The zero-order valence-electron chi connectivity index (χ0n) is 14.2. The highest BCUT2D eigenvalue weighted by atomic mass is 18.2. The molecule has 0 N–H and O–H groups in total. The van der Waals surface area contributed by atoms with Gasteiger partial charge in [-0.1, -0.05) is 10.2 Å². The lowest BCUT2D eigenvalue weighted by Crippen LogP contribution is -2.13. The van der Waals surface area contributed by atoms with E-state index < -0.39 is 11.6 Å². The maximum Gasteiger partial charge on any atom is 0.434 e. The minimum atomic E-state index is -0.536. The summed E-state index contributed by atoms with van der Waals surface area (Å²) in [6.45, 7) is 2.16. The van der Waals surface area contributed by atoms with E-state index in [-0.39, 0.29) is 19.2 Å². The van der Waals surface area contributed by atoms with Crippen LogP contribution in [-0.2, 0) is 33.9 Å². The minimum Gasteiger partial charge on any atom is -0.390 e. The van der Waals surface area contributed by atoms with Crippen LogP contribution in [-0.4, -0.2) is 69.2 Å². The van der Waals surface area contributed by atoms with Crippen LogP contribution < -0.4 is 0 Å². The van der Waals surface area contributed by atoms with Crippen LogP contribution in [0.4, 0.5) is 10.3 Å². The number of aromatic nitrogens is 5. The molecule has 0 saturated heterocycles. The number of imidazole rings is 1. The molecule has 11 nitrogen and oxygen atoms in total. The standard InChI is InChI=1S/C14H21FN6O5/c15-1-6-26-12-13-11-20(18-17-13)5-8-25-10-9-24-7-4-19-3-2-16-14(19)21(22)23/h2-3,11H,1,4-10,12H2/i15-1. The molecule has 2 rings (SSSR count). The molecule has 2 aromatic heterocycles. The molecule has 0 unspecified atom stereocenters. The lowest BCUT2D eigenvalue weighted by molar-refractivity contribution is -0.396. The second-order valence-corrected chi connectivity index (χ2v) is 5.12. The van der Waals surface area contributed by atoms with Gasteiger partial charge in [0.05, 0.1) is 58.9 Å². The highest BCUT2D eigenvalue weighted by Crippen LogP contribution is 2.06. The van der Waals surface area contributed by atoms with Crippen molar-refractivity contribution in [3.63, 3.8) is 0 Å². The Bertz CT molecular complexity index is 664. The van der Waals surface area contributed by atoms with Crippen molar-refractivity contribution in [1.29, 1.82) is 0 Å². The fourth-order valence-corrected chi connectivity index (χ4v) is 2.04. The topological polar surface area (TPSA) is 119 Å². The molecule has 0 spiro atoms. The van der Waals surface area contributed by atoms with Gasteiger partial charge in [0.2, 0.25) is 0 Å². The summed E-state index contributed by atoms with van der Waals surface area (Å²) >= 11 is 0. The Hall–Kier alpha value is -2.44. The highest BCUT2D eigenvalue weighted by molar-refractivity contribution is 5.06. The van der Waals surface area contributed by atoms with Crippen LogP contribution in [0.25, 0.3) is 0 Å². The number of nitro groups is 1. The van der Waals surface area contributed by atoms with Gasteiger partial charge in [0.15, 0.2) is 0 Å². The Kier molecular flexibility index (Phi) is 8.59. The highest BCUT2D eigenvalue weighted by Gasteiger charge is 2.12. The van der Waals surface area contributed by atoms with Crippen LogP contribution in [0, 0.1) is 10.1 Å². The fourth-order valence-electron chi connectivity index (χ4n) is 2.04. The maximum absolute atomic E-state index is 11.9. The molecule has 0 fully saturated rings. The number of hydrogen-bond donors (Lipinski definition) is 0. The van der Waals surface area contributed by atoms with Gasteiger partial charge in [-0.05, 0) is 4.92 Å². The predicted octanol–water partition coefficient (Wildman–Crippen LogP) is 0.602. The van der Waals surface area contributed by atoms with Crippen LogP contribution in [0.1, 0.15) is 5.69 Å². The van der Waals surface area contributed by atoms with Gasteiger partial charge in [-0.25, -0.2) is 13.6 Å². The Labute approximate surface area is 148 Å². The van der Waals surface area contributed by atoms with E-state index in [2.05, 4.69) is 15.3 Å². The van der Waals surface area contributed by atoms with Crippen molar-refractivity contribution in [2.75, 3.05) is 39.7 Å². The third-order valence-electron chi connectivity index (χ3n) is 3.23. The van der Waals surface area contributed by atoms with Crippen molar-refractivity contribution in [2.24, 2.45) is 0 Å². The summed E-state index contributed by atoms with van der Waals surface area (Å²) in [5.41, 5.74) is 0.635. The smallest absolute Gasteiger partial charge is 0.390 e. The molecular formula is C14H21FN6O5. The quantitative estimate of drug-likeness (QED) is 0.269. The summed E-state index contributed by atoms with van der Waals surface area (Å²) in [6.07, 6.45) is 4.63. The molecule has 0 atom stereocenters. The lowest BCUT2D eigenvalue weighted by Gasteiger charge is -2.06. The van der Waals surface area contributed by atoms with Crippen molar-refractivity contribution >= 4 is 5.95 Å². The van der Waals surface area contributed by atoms with Crippen molar-refractivity contribution in [3.05, 3.63) is 34.4 Å². The van der Waals surface area contributed by atoms with E-state index in [1.54, 1.807) is 10.9 Å². The Morgan fingerprint density at radius 3 is 2.62 bits per heavy atom. The van der Waals surface area contributed by atoms with E-state index in [0.717, 1.165) is 0 Å². The summed E-state index contributed by atoms with van der Waals surface area (Å²) < 4.78 is 30.8. The first-order valence-electron chi connectivity index (χ1n) is 8.04. The van der Waals surface area contributed by atoms with Crippen molar-refractivity contribution in [1.82, 2.24) is 24.5 Å². The molecule has 0 saturated carbocycles. The van der Waals surface area contributed by atoms with Gasteiger partial charge in [0, 0.05) is 0 Å². The summed E-state index contributed by atoms with van der Waals surface area (Å²) in [7, 11) is 0. The third-order valence-corrected chi connectivity index (χ3v) is 3.23. The van der Waals surface area contributed by atoms with Crippen molar-refractivity contribution < 1.29 is 23.5 Å². The molecular weight excluding hydrogens is 350 g/mol. The minimum absolute atomic E-state index is 0.0458. The monoisotopic (exact) mass is 371 g/mol. The summed E-state index contributed by atoms with van der Waals surface area (Å²) in [6, 6.07) is 0. The maximum atomic E-state index is 11.9. The summed E-state index contributed by atoms with van der Waals surface area (Å²) in [5, 5.41) is 18.5. The fraction of sp³-hybridized carbons (Fsp3) is 0.643. The van der Waals surface area contributed by atoms with Crippen LogP contribution >= 0.6 is 0 Å². The van der Waals surface area contributed by atoms with Gasteiger partial charge in [0.25, 0.3) is 0 Å². The van der Waals surface area contributed by atoms with E-state index in [9.17, 15) is 14.5 Å². The second-order valence-electron chi connectivity index (χ2n) is 5.12. The van der Waals surface area contributed by atoms with Crippen LogP contribution in [0.5, 0.6) is 0 Å². The van der Waals surface area contributed by atoms with Gasteiger partial charge in [0.1, 0.15) is 24.8 Å². The van der Waals surface area contributed by atoms with Crippen LogP contribution in [0.3, 0.4) is 0 Å². The number of hydrogen-bond acceptors (Lipinski definition) is 8.